The fourth-order valence-corrected chi connectivity index (χ4v) is 8.92. The van der Waals surface area contributed by atoms with Gasteiger partial charge in [0, 0.05) is 18.0 Å². The van der Waals surface area contributed by atoms with E-state index in [-0.39, 0.29) is 31.2 Å². The summed E-state index contributed by atoms with van der Waals surface area (Å²) in [7, 11) is -3.92. The summed E-state index contributed by atoms with van der Waals surface area (Å²) in [5, 5.41) is 6.80. The van der Waals surface area contributed by atoms with Crippen molar-refractivity contribution in [3.05, 3.63) is 66.7 Å². The van der Waals surface area contributed by atoms with Gasteiger partial charge < -0.3 is 20.3 Å². The van der Waals surface area contributed by atoms with Crippen molar-refractivity contribution in [1.82, 2.24) is 19.9 Å². The van der Waals surface area contributed by atoms with Crippen LogP contribution in [-0.2, 0) is 24.4 Å². The van der Waals surface area contributed by atoms with Gasteiger partial charge in [-0.2, -0.15) is 0 Å². The smallest absolute Gasteiger partial charge is 0.274 e. The van der Waals surface area contributed by atoms with E-state index in [1.54, 1.807) is 11.8 Å². The SMILES string of the molecule is CC1(S(=O)(=O)NC(=O)[C@@]23C[C@@H]2/C=C\CCCCC[C@H](Nc2ccccc2)C(=O)N2C[C@H](Oc4nc5ccccc5s4)C[C@H]2C(=O)N3)CC1. The van der Waals surface area contributed by atoms with Crippen LogP contribution in [-0.4, -0.2) is 71.0 Å². The van der Waals surface area contributed by atoms with Gasteiger partial charge in [-0.3, -0.25) is 19.1 Å². The molecule has 3 fully saturated rings. The van der Waals surface area contributed by atoms with E-state index in [9.17, 15) is 22.8 Å². The molecule has 2 aromatic carbocycles. The number of anilines is 1. The average Bonchev–Trinajstić information content (AvgIpc) is 3.87. The van der Waals surface area contributed by atoms with E-state index < -0.39 is 50.3 Å². The Morgan fingerprint density at radius 2 is 1.83 bits per heavy atom. The number of benzene rings is 2. The molecule has 5 atom stereocenters. The second kappa shape index (κ2) is 12.8. The van der Waals surface area contributed by atoms with Crippen LogP contribution in [0.5, 0.6) is 5.19 Å². The van der Waals surface area contributed by atoms with Crippen molar-refractivity contribution < 1.29 is 27.5 Å². The molecule has 1 aromatic heterocycles. The highest BCUT2D eigenvalue weighted by Gasteiger charge is 2.63. The van der Waals surface area contributed by atoms with Crippen molar-refractivity contribution in [3.63, 3.8) is 0 Å². The van der Waals surface area contributed by atoms with Gasteiger partial charge in [-0.1, -0.05) is 66.7 Å². The van der Waals surface area contributed by atoms with Crippen molar-refractivity contribution in [1.29, 1.82) is 0 Å². The normalized spacial score (nSPS) is 29.4. The highest BCUT2D eigenvalue weighted by atomic mass is 32.2. The first kappa shape index (κ1) is 32.6. The molecule has 2 aliphatic heterocycles. The number of fused-ring (bicyclic) bond motifs is 3. The summed E-state index contributed by atoms with van der Waals surface area (Å²) in [5.41, 5.74) is 0.192. The Labute approximate surface area is 284 Å². The number of nitrogens with one attached hydrogen (secondary N) is 3. The average molecular weight is 692 g/mol. The molecule has 3 heterocycles. The summed E-state index contributed by atoms with van der Waals surface area (Å²) < 4.78 is 34.7. The van der Waals surface area contributed by atoms with Crippen LogP contribution in [0.2, 0.25) is 0 Å². The molecule has 48 heavy (non-hydrogen) atoms. The molecule has 0 bridgehead atoms. The monoisotopic (exact) mass is 691 g/mol. The standard InChI is InChI=1S/C35H41N5O6S2/c1-34(18-19-34)48(44,45)39-32(43)35-21-23(35)12-6-3-2-4-9-16-27(36-24-13-7-5-8-14-24)31(42)40-22-25(20-28(40)30(41)38-35)46-33-37-26-15-10-11-17-29(26)47-33/h5-8,10-15,17,23,25,27-28,36H,2-4,9,16,18-22H2,1H3,(H,38,41)(H,39,43)/b12-6-/t23-,25+,27-,28-,35+/m0/s1. The zero-order chi connectivity index (χ0) is 33.5. The quantitative estimate of drug-likeness (QED) is 0.307. The Balaban J connectivity index is 1.18. The maximum Gasteiger partial charge on any atom is 0.274 e. The van der Waals surface area contributed by atoms with Crippen molar-refractivity contribution in [3.8, 4) is 5.19 Å². The van der Waals surface area contributed by atoms with Crippen molar-refractivity contribution in [2.45, 2.75) is 93.2 Å². The lowest BCUT2D eigenvalue weighted by Gasteiger charge is -2.30. The lowest BCUT2D eigenvalue weighted by Crippen LogP contribution is -2.58. The number of hydrogen-bond donors (Lipinski definition) is 3. The molecule has 2 saturated carbocycles. The molecule has 3 N–H and O–H groups in total. The Hall–Kier alpha value is -3.97. The van der Waals surface area contributed by atoms with Gasteiger partial charge in [0.1, 0.15) is 23.7 Å². The molecule has 3 aromatic rings. The Bertz CT molecular complexity index is 1810. The third kappa shape index (κ3) is 6.54. The first-order chi connectivity index (χ1) is 23.1. The number of amides is 3. The molecular formula is C35H41N5O6S2. The van der Waals surface area contributed by atoms with Crippen LogP contribution in [0.1, 0.15) is 64.7 Å². The molecule has 2 aliphatic carbocycles. The van der Waals surface area contributed by atoms with Crippen molar-refractivity contribution in [2.75, 3.05) is 11.9 Å². The Kier molecular flexibility index (Phi) is 8.69. The van der Waals surface area contributed by atoms with E-state index in [0.717, 1.165) is 41.6 Å². The number of ether oxygens (including phenoxy) is 1. The first-order valence-corrected chi connectivity index (χ1v) is 19.1. The summed E-state index contributed by atoms with van der Waals surface area (Å²) >= 11 is 1.40. The number of hydrogen-bond acceptors (Lipinski definition) is 9. The van der Waals surface area contributed by atoms with E-state index in [2.05, 4.69) is 20.3 Å². The molecule has 11 nitrogen and oxygen atoms in total. The molecular weight excluding hydrogens is 651 g/mol. The number of carbonyl (C=O) groups excluding carboxylic acids is 3. The van der Waals surface area contributed by atoms with E-state index in [1.165, 1.54) is 11.3 Å². The van der Waals surface area contributed by atoms with E-state index in [0.29, 0.717) is 24.5 Å². The van der Waals surface area contributed by atoms with Gasteiger partial charge in [0.25, 0.3) is 11.1 Å². The summed E-state index contributed by atoms with van der Waals surface area (Å²) in [6.07, 6.45) is 8.82. The van der Waals surface area contributed by atoms with Crippen LogP contribution in [0.3, 0.4) is 0 Å². The fourth-order valence-electron chi connectivity index (χ4n) is 6.73. The van der Waals surface area contributed by atoms with Crippen LogP contribution in [0.15, 0.2) is 66.7 Å². The number of carbonyl (C=O) groups is 3. The van der Waals surface area contributed by atoms with Crippen LogP contribution >= 0.6 is 11.3 Å². The van der Waals surface area contributed by atoms with Gasteiger partial charge in [-0.25, -0.2) is 13.4 Å². The van der Waals surface area contributed by atoms with Crippen LogP contribution in [0.4, 0.5) is 5.69 Å². The first-order valence-electron chi connectivity index (χ1n) is 16.8. The second-order valence-electron chi connectivity index (χ2n) is 13.7. The van der Waals surface area contributed by atoms with Crippen molar-refractivity contribution in [2.24, 2.45) is 5.92 Å². The van der Waals surface area contributed by atoms with Gasteiger partial charge >= 0.3 is 0 Å². The molecule has 1 saturated heterocycles. The van der Waals surface area contributed by atoms with Gasteiger partial charge in [0.2, 0.25) is 21.8 Å². The topological polar surface area (TPSA) is 147 Å². The minimum atomic E-state index is -3.92. The van der Waals surface area contributed by atoms with E-state index in [1.807, 2.05) is 66.7 Å². The number of sulfonamides is 1. The minimum Gasteiger partial charge on any atom is -0.465 e. The largest absolute Gasteiger partial charge is 0.465 e. The zero-order valence-electron chi connectivity index (χ0n) is 26.9. The number of para-hydroxylation sites is 2. The summed E-state index contributed by atoms with van der Waals surface area (Å²) in [4.78, 5) is 48.6. The van der Waals surface area contributed by atoms with Gasteiger partial charge in [-0.15, -0.1) is 0 Å². The highest BCUT2D eigenvalue weighted by molar-refractivity contribution is 7.91. The van der Waals surface area contributed by atoms with Crippen LogP contribution in [0.25, 0.3) is 10.2 Å². The van der Waals surface area contributed by atoms with Gasteiger partial charge in [-0.05, 0) is 69.7 Å². The second-order valence-corrected chi connectivity index (χ2v) is 16.9. The summed E-state index contributed by atoms with van der Waals surface area (Å²) in [5.74, 6) is -1.82. The summed E-state index contributed by atoms with van der Waals surface area (Å²) in [6, 6.07) is 15.7. The zero-order valence-corrected chi connectivity index (χ0v) is 28.5. The van der Waals surface area contributed by atoms with Crippen LogP contribution in [0, 0.1) is 5.92 Å². The third-order valence-corrected chi connectivity index (χ3v) is 13.2. The molecule has 7 rings (SSSR count). The Morgan fingerprint density at radius 3 is 2.60 bits per heavy atom. The lowest BCUT2D eigenvalue weighted by atomic mass is 10.0. The van der Waals surface area contributed by atoms with Gasteiger partial charge in [0.05, 0.1) is 21.5 Å². The number of nitrogens with zero attached hydrogens (tertiary/aromatic N) is 2. The molecule has 254 valence electrons. The van der Waals surface area contributed by atoms with Gasteiger partial charge in [0.15, 0.2) is 0 Å². The summed E-state index contributed by atoms with van der Waals surface area (Å²) in [6.45, 7) is 1.78. The maximum absolute atomic E-state index is 14.4. The number of rotatable bonds is 7. The van der Waals surface area contributed by atoms with Crippen LogP contribution < -0.4 is 20.1 Å². The highest BCUT2D eigenvalue weighted by Crippen LogP contribution is 2.47. The predicted molar refractivity (Wildman–Crippen MR) is 184 cm³/mol. The Morgan fingerprint density at radius 1 is 1.06 bits per heavy atom. The lowest BCUT2D eigenvalue weighted by molar-refractivity contribution is -0.140. The molecule has 4 aliphatic rings. The molecule has 0 spiro atoms. The number of thiazole rings is 1. The van der Waals surface area contributed by atoms with E-state index >= 15 is 0 Å². The molecule has 0 unspecified atom stereocenters. The maximum atomic E-state index is 14.4. The number of allylic oxidation sites excluding steroid dienone is 1. The number of aromatic nitrogens is 1. The predicted octanol–water partition coefficient (Wildman–Crippen LogP) is 4.52. The fraction of sp³-hybridized carbons (Fsp3) is 0.486. The molecule has 3 amide bonds. The molecule has 13 heteroatoms. The minimum absolute atomic E-state index is 0.162. The molecule has 0 radical (unpaired) electrons. The third-order valence-electron chi connectivity index (χ3n) is 10.1. The van der Waals surface area contributed by atoms with E-state index in [4.69, 9.17) is 4.74 Å². The van der Waals surface area contributed by atoms with Crippen molar-refractivity contribution >= 4 is 55.0 Å².